The highest BCUT2D eigenvalue weighted by Crippen LogP contribution is 2.31. The zero-order chi connectivity index (χ0) is 20.3. The fourth-order valence-electron chi connectivity index (χ4n) is 3.42. The lowest BCUT2D eigenvalue weighted by Crippen LogP contribution is -2.46. The molecule has 1 N–H and O–H groups in total. The van der Waals surface area contributed by atoms with Gasteiger partial charge in [0.2, 0.25) is 11.8 Å². The third-order valence-corrected chi connectivity index (χ3v) is 6.33. The minimum absolute atomic E-state index is 0.0477. The van der Waals surface area contributed by atoms with Crippen LogP contribution in [0.5, 0.6) is 0 Å². The van der Waals surface area contributed by atoms with E-state index in [2.05, 4.69) is 29.4 Å². The molecule has 1 aliphatic rings. The molecule has 1 heterocycles. The predicted molar refractivity (Wildman–Crippen MR) is 106 cm³/mol. The Morgan fingerprint density at radius 3 is 2.89 bits per heavy atom. The Kier molecular flexibility index (Phi) is 6.33. The number of nitrogens with one attached hydrogen (secondary N) is 1. The maximum atomic E-state index is 12.6. The molecule has 3 rings (SSSR count). The molecule has 8 nitrogen and oxygen atoms in total. The van der Waals surface area contributed by atoms with E-state index in [1.807, 2.05) is 0 Å². The van der Waals surface area contributed by atoms with Gasteiger partial charge in [0.05, 0.1) is 10.2 Å². The van der Waals surface area contributed by atoms with E-state index in [-0.39, 0.29) is 34.0 Å². The summed E-state index contributed by atoms with van der Waals surface area (Å²) in [7, 11) is 0. The molecule has 0 radical (unpaired) electrons. The van der Waals surface area contributed by atoms with Crippen LogP contribution in [0, 0.1) is 22.0 Å². The Morgan fingerprint density at radius 1 is 1.36 bits per heavy atom. The molecule has 0 bridgehead atoms. The number of carbonyl (C=O) groups excluding carboxylic acids is 1. The van der Waals surface area contributed by atoms with E-state index >= 15 is 0 Å². The van der Waals surface area contributed by atoms with Crippen LogP contribution in [0.25, 0.3) is 11.5 Å². The molecule has 1 saturated carbocycles. The van der Waals surface area contributed by atoms with Gasteiger partial charge in [-0.25, -0.2) is 0 Å². The number of aromatic nitrogens is 2. The molecule has 0 spiro atoms. The average molecular weight is 404 g/mol. The molecule has 0 aliphatic heterocycles. The first-order valence-electron chi connectivity index (χ1n) is 9.40. The Bertz CT molecular complexity index is 856. The minimum atomic E-state index is -0.477. The van der Waals surface area contributed by atoms with Crippen LogP contribution >= 0.6 is 11.8 Å². The van der Waals surface area contributed by atoms with E-state index < -0.39 is 4.92 Å². The van der Waals surface area contributed by atoms with Gasteiger partial charge < -0.3 is 9.73 Å². The molecule has 28 heavy (non-hydrogen) atoms. The van der Waals surface area contributed by atoms with Crippen LogP contribution in [0.15, 0.2) is 33.9 Å². The molecule has 1 aromatic heterocycles. The highest BCUT2D eigenvalue weighted by Gasteiger charge is 2.30. The van der Waals surface area contributed by atoms with Gasteiger partial charge in [-0.3, -0.25) is 14.9 Å². The monoisotopic (exact) mass is 404 g/mol. The van der Waals surface area contributed by atoms with Crippen LogP contribution in [0.3, 0.4) is 0 Å². The maximum absolute atomic E-state index is 12.6. The summed E-state index contributed by atoms with van der Waals surface area (Å²) in [5.74, 6) is 1.20. The second kappa shape index (κ2) is 8.72. The predicted octanol–water partition coefficient (Wildman–Crippen LogP) is 4.07. The number of hydrogen-bond acceptors (Lipinski definition) is 7. The van der Waals surface area contributed by atoms with Gasteiger partial charge in [0.25, 0.3) is 10.9 Å². The quantitative estimate of drug-likeness (QED) is 0.439. The van der Waals surface area contributed by atoms with E-state index in [0.717, 1.165) is 12.8 Å². The van der Waals surface area contributed by atoms with E-state index in [1.54, 1.807) is 19.1 Å². The number of carbonyl (C=O) groups is 1. The molecular formula is C19H24N4O4S. The Morgan fingerprint density at radius 2 is 2.14 bits per heavy atom. The van der Waals surface area contributed by atoms with Crippen LogP contribution in [0.2, 0.25) is 0 Å². The van der Waals surface area contributed by atoms with Crippen LogP contribution in [0.1, 0.15) is 40.0 Å². The lowest BCUT2D eigenvalue weighted by Gasteiger charge is -2.35. The fraction of sp³-hybridized carbons (Fsp3) is 0.526. The second-order valence-corrected chi connectivity index (χ2v) is 8.62. The molecule has 2 aromatic rings. The molecule has 1 amide bonds. The summed E-state index contributed by atoms with van der Waals surface area (Å²) in [6, 6.07) is 6.20. The van der Waals surface area contributed by atoms with Crippen molar-refractivity contribution in [1.29, 1.82) is 0 Å². The number of benzene rings is 1. The first-order valence-corrected chi connectivity index (χ1v) is 10.3. The normalized spacial score (nSPS) is 23.2. The summed E-state index contributed by atoms with van der Waals surface area (Å²) >= 11 is 1.18. The summed E-state index contributed by atoms with van der Waals surface area (Å²) in [4.78, 5) is 23.0. The SMILES string of the molecule is C[C@@H]1[C@@H](C)CCC[C@H]1NC(=O)[C@@H](C)Sc1nnc(-c2cccc([N+](=O)[O-])c2)o1. The van der Waals surface area contributed by atoms with Gasteiger partial charge in [-0.1, -0.05) is 44.5 Å². The number of nitrogens with zero attached hydrogens (tertiary/aromatic N) is 3. The number of amides is 1. The van der Waals surface area contributed by atoms with Crippen LogP contribution in [-0.2, 0) is 4.79 Å². The molecule has 0 saturated heterocycles. The molecule has 1 aliphatic carbocycles. The number of hydrogen-bond donors (Lipinski definition) is 1. The molecule has 9 heteroatoms. The number of thioether (sulfide) groups is 1. The number of rotatable bonds is 6. The van der Waals surface area contributed by atoms with Crippen molar-refractivity contribution in [3.8, 4) is 11.5 Å². The summed E-state index contributed by atoms with van der Waals surface area (Å²) in [5, 5.41) is 21.8. The highest BCUT2D eigenvalue weighted by atomic mass is 32.2. The number of nitro benzene ring substituents is 1. The molecule has 4 atom stereocenters. The van der Waals surface area contributed by atoms with Gasteiger partial charge in [0, 0.05) is 23.7 Å². The fourth-order valence-corrected chi connectivity index (χ4v) is 4.11. The minimum Gasteiger partial charge on any atom is -0.411 e. The molecule has 1 aromatic carbocycles. The lowest BCUT2D eigenvalue weighted by atomic mass is 9.78. The Labute approximate surface area is 167 Å². The Balaban J connectivity index is 1.62. The van der Waals surface area contributed by atoms with Crippen molar-refractivity contribution < 1.29 is 14.1 Å². The third kappa shape index (κ3) is 4.70. The highest BCUT2D eigenvalue weighted by molar-refractivity contribution is 8.00. The van der Waals surface area contributed by atoms with Crippen molar-refractivity contribution in [3.63, 3.8) is 0 Å². The van der Waals surface area contributed by atoms with Gasteiger partial charge in [0.15, 0.2) is 0 Å². The van der Waals surface area contributed by atoms with Crippen LogP contribution < -0.4 is 5.32 Å². The first kappa shape index (κ1) is 20.3. The van der Waals surface area contributed by atoms with Crippen molar-refractivity contribution in [2.24, 2.45) is 11.8 Å². The summed E-state index contributed by atoms with van der Waals surface area (Å²) in [6.45, 7) is 6.22. The van der Waals surface area contributed by atoms with Crippen molar-refractivity contribution in [2.75, 3.05) is 0 Å². The molecule has 1 fully saturated rings. The van der Waals surface area contributed by atoms with E-state index in [0.29, 0.717) is 17.4 Å². The topological polar surface area (TPSA) is 111 Å². The van der Waals surface area contributed by atoms with E-state index in [4.69, 9.17) is 4.42 Å². The Hall–Kier alpha value is -2.42. The smallest absolute Gasteiger partial charge is 0.277 e. The third-order valence-electron chi connectivity index (χ3n) is 5.39. The first-order chi connectivity index (χ1) is 13.3. The van der Waals surface area contributed by atoms with Crippen molar-refractivity contribution in [2.45, 2.75) is 56.5 Å². The van der Waals surface area contributed by atoms with Gasteiger partial charge in [-0.05, 0) is 31.2 Å². The van der Waals surface area contributed by atoms with Gasteiger partial charge in [-0.15, -0.1) is 10.2 Å². The number of nitro groups is 1. The van der Waals surface area contributed by atoms with Crippen LogP contribution in [-0.4, -0.2) is 32.3 Å². The summed E-state index contributed by atoms with van der Waals surface area (Å²) < 4.78 is 5.59. The van der Waals surface area contributed by atoms with Gasteiger partial charge in [0.1, 0.15) is 0 Å². The average Bonchev–Trinajstić information content (AvgIpc) is 3.14. The van der Waals surface area contributed by atoms with E-state index in [9.17, 15) is 14.9 Å². The molecule has 0 unspecified atom stereocenters. The zero-order valence-corrected chi connectivity index (χ0v) is 16.9. The summed E-state index contributed by atoms with van der Waals surface area (Å²) in [5.41, 5.74) is 0.421. The molecule has 150 valence electrons. The largest absolute Gasteiger partial charge is 0.411 e. The standard InChI is InChI=1S/C19H24N4O4S/c1-11-6-4-9-16(12(11)2)20-17(24)13(3)28-19-22-21-18(27-19)14-7-5-8-15(10-14)23(25)26/h5,7-8,10-13,16H,4,6,9H2,1-3H3,(H,20,24)/t11-,12+,13+,16+/m0/s1. The van der Waals surface area contributed by atoms with Crippen molar-refractivity contribution >= 4 is 23.4 Å². The van der Waals surface area contributed by atoms with Crippen molar-refractivity contribution in [1.82, 2.24) is 15.5 Å². The maximum Gasteiger partial charge on any atom is 0.277 e. The lowest BCUT2D eigenvalue weighted by molar-refractivity contribution is -0.384. The van der Waals surface area contributed by atoms with Crippen LogP contribution in [0.4, 0.5) is 5.69 Å². The van der Waals surface area contributed by atoms with Crippen molar-refractivity contribution in [3.05, 3.63) is 34.4 Å². The second-order valence-electron chi connectivity index (χ2n) is 7.32. The van der Waals surface area contributed by atoms with Gasteiger partial charge >= 0.3 is 0 Å². The molecular weight excluding hydrogens is 380 g/mol. The zero-order valence-electron chi connectivity index (χ0n) is 16.1. The summed E-state index contributed by atoms with van der Waals surface area (Å²) in [6.07, 6.45) is 3.35. The van der Waals surface area contributed by atoms with E-state index in [1.165, 1.54) is 30.3 Å². The number of non-ortho nitro benzene ring substituents is 1. The van der Waals surface area contributed by atoms with Gasteiger partial charge in [-0.2, -0.15) is 0 Å².